The minimum Gasteiger partial charge on any atom is -0.382 e. The van der Waals surface area contributed by atoms with Gasteiger partial charge in [-0.25, -0.2) is 0 Å². The Hall–Kier alpha value is -0.380. The Bertz CT molecular complexity index is 568. The Morgan fingerprint density at radius 1 is 1.19 bits per heavy atom. The van der Waals surface area contributed by atoms with Crippen molar-refractivity contribution in [3.63, 3.8) is 0 Å². The third-order valence-electron chi connectivity index (χ3n) is 4.61. The highest BCUT2D eigenvalue weighted by Gasteiger charge is 2.44. The fourth-order valence-corrected chi connectivity index (χ4v) is 3.26. The van der Waals surface area contributed by atoms with Crippen molar-refractivity contribution in [1.29, 1.82) is 0 Å². The maximum absolute atomic E-state index is 5.49. The molecule has 0 unspecified atom stereocenters. The van der Waals surface area contributed by atoms with Gasteiger partial charge in [0, 0.05) is 36.7 Å². The summed E-state index contributed by atoms with van der Waals surface area (Å²) in [4.78, 5) is 4.84. The Morgan fingerprint density at radius 2 is 2.00 bits per heavy atom. The maximum Gasteiger partial charge on any atom is 0.191 e. The zero-order valence-electron chi connectivity index (χ0n) is 16.4. The molecule has 1 saturated carbocycles. The molecule has 0 heterocycles. The second kappa shape index (κ2) is 13.7. The Balaban J connectivity index is 0.00000364. The van der Waals surface area contributed by atoms with E-state index in [0.29, 0.717) is 13.2 Å². The normalized spacial score (nSPS) is 15.1. The van der Waals surface area contributed by atoms with Crippen LogP contribution in [0.5, 0.6) is 0 Å². The SMILES string of the molecule is CCNC(=NCC1(c2cccc(Br)c2)CC1)NCCCCOCCOC.I. The van der Waals surface area contributed by atoms with Crippen LogP contribution in [0.2, 0.25) is 0 Å². The van der Waals surface area contributed by atoms with Crippen LogP contribution in [0, 0.1) is 0 Å². The lowest BCUT2D eigenvalue weighted by Gasteiger charge is -2.16. The van der Waals surface area contributed by atoms with Crippen LogP contribution in [-0.2, 0) is 14.9 Å². The molecule has 0 radical (unpaired) electrons. The Morgan fingerprint density at radius 3 is 2.67 bits per heavy atom. The van der Waals surface area contributed by atoms with Crippen molar-refractivity contribution < 1.29 is 9.47 Å². The average molecular weight is 554 g/mol. The van der Waals surface area contributed by atoms with Crippen LogP contribution in [0.1, 0.15) is 38.2 Å². The van der Waals surface area contributed by atoms with Gasteiger partial charge in [0.25, 0.3) is 0 Å². The summed E-state index contributed by atoms with van der Waals surface area (Å²) in [6.07, 6.45) is 4.53. The summed E-state index contributed by atoms with van der Waals surface area (Å²) < 4.78 is 11.6. The molecule has 1 aliphatic rings. The highest BCUT2D eigenvalue weighted by molar-refractivity contribution is 14.0. The first-order chi connectivity index (χ1) is 12.7. The van der Waals surface area contributed by atoms with Crippen molar-refractivity contribution in [2.24, 2.45) is 4.99 Å². The zero-order chi connectivity index (χ0) is 18.7. The summed E-state index contributed by atoms with van der Waals surface area (Å²) in [5.41, 5.74) is 1.61. The Labute approximate surface area is 189 Å². The molecule has 2 rings (SSSR count). The lowest BCUT2D eigenvalue weighted by Crippen LogP contribution is -2.38. The molecular formula is C20H33BrIN3O2. The van der Waals surface area contributed by atoms with Crippen molar-refractivity contribution >= 4 is 45.9 Å². The number of rotatable bonds is 12. The van der Waals surface area contributed by atoms with E-state index in [1.807, 2.05) is 0 Å². The number of methoxy groups -OCH3 is 1. The van der Waals surface area contributed by atoms with E-state index in [-0.39, 0.29) is 29.4 Å². The van der Waals surface area contributed by atoms with Crippen molar-refractivity contribution in [1.82, 2.24) is 10.6 Å². The highest BCUT2D eigenvalue weighted by atomic mass is 127. The van der Waals surface area contributed by atoms with Gasteiger partial charge in [-0.3, -0.25) is 4.99 Å². The Kier molecular flexibility index (Phi) is 12.5. The van der Waals surface area contributed by atoms with Crippen LogP contribution in [0.4, 0.5) is 0 Å². The van der Waals surface area contributed by atoms with Crippen LogP contribution in [0.25, 0.3) is 0 Å². The monoisotopic (exact) mass is 553 g/mol. The summed E-state index contributed by atoms with van der Waals surface area (Å²) in [5.74, 6) is 0.911. The minimum absolute atomic E-state index is 0. The standard InChI is InChI=1S/C20H32BrN3O2.HI/c1-3-22-19(23-11-4-5-12-26-14-13-25-2)24-16-20(9-10-20)17-7-6-8-18(21)15-17;/h6-8,15H,3-5,9-14,16H2,1-2H3,(H2,22,23,24);1H. The lowest BCUT2D eigenvalue weighted by molar-refractivity contribution is 0.0689. The van der Waals surface area contributed by atoms with Crippen molar-refractivity contribution in [2.45, 2.75) is 38.0 Å². The molecule has 0 bridgehead atoms. The van der Waals surface area contributed by atoms with Crippen LogP contribution < -0.4 is 10.6 Å². The van der Waals surface area contributed by atoms with Crippen LogP contribution >= 0.6 is 39.9 Å². The third kappa shape index (κ3) is 9.11. The molecule has 0 saturated heterocycles. The number of hydrogen-bond acceptors (Lipinski definition) is 3. The molecule has 5 nitrogen and oxygen atoms in total. The third-order valence-corrected chi connectivity index (χ3v) is 5.11. The van der Waals surface area contributed by atoms with E-state index in [1.165, 1.54) is 18.4 Å². The molecule has 0 spiro atoms. The number of hydrogen-bond donors (Lipinski definition) is 2. The van der Waals surface area contributed by atoms with Crippen molar-refractivity contribution in [3.05, 3.63) is 34.3 Å². The highest BCUT2D eigenvalue weighted by Crippen LogP contribution is 2.48. The number of halogens is 2. The average Bonchev–Trinajstić information content (AvgIpc) is 3.43. The molecule has 27 heavy (non-hydrogen) atoms. The van der Waals surface area contributed by atoms with Gasteiger partial charge in [0.05, 0.1) is 19.8 Å². The number of benzene rings is 1. The van der Waals surface area contributed by atoms with E-state index in [2.05, 4.69) is 57.8 Å². The minimum atomic E-state index is 0. The quantitative estimate of drug-likeness (QED) is 0.177. The van der Waals surface area contributed by atoms with Crippen molar-refractivity contribution in [3.8, 4) is 0 Å². The summed E-state index contributed by atoms with van der Waals surface area (Å²) in [5, 5.41) is 6.78. The largest absolute Gasteiger partial charge is 0.382 e. The van der Waals surface area contributed by atoms with E-state index < -0.39 is 0 Å². The molecule has 154 valence electrons. The first-order valence-electron chi connectivity index (χ1n) is 9.55. The van der Waals surface area contributed by atoms with E-state index in [1.54, 1.807) is 7.11 Å². The zero-order valence-corrected chi connectivity index (χ0v) is 20.3. The molecule has 1 aliphatic carbocycles. The van der Waals surface area contributed by atoms with Gasteiger partial charge in [-0.15, -0.1) is 24.0 Å². The fraction of sp³-hybridized carbons (Fsp3) is 0.650. The molecule has 1 fully saturated rings. The number of nitrogens with one attached hydrogen (secondary N) is 2. The number of nitrogens with zero attached hydrogens (tertiary/aromatic N) is 1. The number of aliphatic imine (C=N–C) groups is 1. The molecule has 1 aromatic carbocycles. The summed E-state index contributed by atoms with van der Waals surface area (Å²) >= 11 is 3.58. The van der Waals surface area contributed by atoms with Gasteiger partial charge in [0.2, 0.25) is 0 Å². The number of ether oxygens (including phenoxy) is 2. The summed E-state index contributed by atoms with van der Waals surface area (Å²) in [7, 11) is 1.69. The van der Waals surface area contributed by atoms with Crippen LogP contribution in [0.3, 0.4) is 0 Å². The molecule has 7 heteroatoms. The molecule has 2 N–H and O–H groups in total. The predicted octanol–water partition coefficient (Wildman–Crippen LogP) is 4.10. The van der Waals surface area contributed by atoms with E-state index >= 15 is 0 Å². The molecule has 0 aromatic heterocycles. The van der Waals surface area contributed by atoms with Gasteiger partial charge in [-0.2, -0.15) is 0 Å². The maximum atomic E-state index is 5.49. The number of guanidine groups is 1. The molecule has 0 amide bonds. The lowest BCUT2D eigenvalue weighted by atomic mass is 9.96. The van der Waals surface area contributed by atoms with E-state index in [0.717, 1.165) is 49.5 Å². The van der Waals surface area contributed by atoms with E-state index in [4.69, 9.17) is 14.5 Å². The van der Waals surface area contributed by atoms with Gasteiger partial charge in [-0.05, 0) is 50.3 Å². The topological polar surface area (TPSA) is 54.9 Å². The second-order valence-electron chi connectivity index (χ2n) is 6.72. The molecule has 1 aromatic rings. The van der Waals surface area contributed by atoms with Crippen LogP contribution in [0.15, 0.2) is 33.7 Å². The summed E-state index contributed by atoms with van der Waals surface area (Å²) in [6, 6.07) is 8.64. The molecular weight excluding hydrogens is 521 g/mol. The first-order valence-corrected chi connectivity index (χ1v) is 10.3. The number of unbranched alkanes of at least 4 members (excludes halogenated alkanes) is 1. The van der Waals surface area contributed by atoms with Gasteiger partial charge in [-0.1, -0.05) is 28.1 Å². The molecule has 0 atom stereocenters. The smallest absolute Gasteiger partial charge is 0.191 e. The van der Waals surface area contributed by atoms with Gasteiger partial charge < -0.3 is 20.1 Å². The second-order valence-corrected chi connectivity index (χ2v) is 7.64. The fourth-order valence-electron chi connectivity index (χ4n) is 2.86. The van der Waals surface area contributed by atoms with Gasteiger partial charge in [0.1, 0.15) is 0 Å². The molecule has 0 aliphatic heterocycles. The van der Waals surface area contributed by atoms with Gasteiger partial charge in [0.15, 0.2) is 5.96 Å². The summed E-state index contributed by atoms with van der Waals surface area (Å²) in [6.45, 7) is 6.83. The first kappa shape index (κ1) is 24.7. The van der Waals surface area contributed by atoms with E-state index in [9.17, 15) is 0 Å². The van der Waals surface area contributed by atoms with Gasteiger partial charge >= 0.3 is 0 Å². The van der Waals surface area contributed by atoms with Crippen LogP contribution in [-0.4, -0.2) is 52.5 Å². The predicted molar refractivity (Wildman–Crippen MR) is 126 cm³/mol. The van der Waals surface area contributed by atoms with Crippen molar-refractivity contribution in [2.75, 3.05) is 46.6 Å².